The summed E-state index contributed by atoms with van der Waals surface area (Å²) in [5.74, 6) is -0.685. The van der Waals surface area contributed by atoms with Gasteiger partial charge in [-0.3, -0.25) is 9.59 Å². The third kappa shape index (κ3) is 5.18. The second-order valence-corrected chi connectivity index (χ2v) is 6.89. The standard InChI is InChI=1S/C20H25N3O2/c1-20(2,18(24)22-12-11-15-7-4-3-5-8-15)19(25)23-17-10-6-9-16(13-17)14-21/h6-7,9-10,13H,3-5,8,11-12H2,1-2H3,(H,22,24)(H,23,25). The largest absolute Gasteiger partial charge is 0.355 e. The third-order valence-electron chi connectivity index (χ3n) is 4.50. The SMILES string of the molecule is CC(C)(C(=O)NCCC1=CCCCC1)C(=O)Nc1cccc(C#N)c1. The number of anilines is 1. The number of nitrogens with zero attached hydrogens (tertiary/aromatic N) is 1. The molecular weight excluding hydrogens is 314 g/mol. The average Bonchev–Trinajstić information content (AvgIpc) is 2.62. The maximum atomic E-state index is 12.5. The first-order chi connectivity index (χ1) is 11.9. The predicted octanol–water partition coefficient (Wildman–Crippen LogP) is 3.53. The molecule has 1 aliphatic carbocycles. The number of benzene rings is 1. The summed E-state index contributed by atoms with van der Waals surface area (Å²) in [7, 11) is 0. The number of nitrogens with one attached hydrogen (secondary N) is 2. The van der Waals surface area contributed by atoms with Crippen molar-refractivity contribution in [1.29, 1.82) is 5.26 Å². The normalized spacial score (nSPS) is 14.2. The van der Waals surface area contributed by atoms with Gasteiger partial charge in [-0.2, -0.15) is 5.26 Å². The molecule has 0 atom stereocenters. The highest BCUT2D eigenvalue weighted by atomic mass is 16.2. The Bertz CT molecular complexity index is 714. The number of carbonyl (C=O) groups excluding carboxylic acids is 2. The molecule has 1 aromatic carbocycles. The van der Waals surface area contributed by atoms with Crippen LogP contribution in [0.1, 0.15) is 51.5 Å². The first kappa shape index (κ1) is 18.7. The van der Waals surface area contributed by atoms with Gasteiger partial charge >= 0.3 is 0 Å². The van der Waals surface area contributed by atoms with E-state index in [1.807, 2.05) is 6.07 Å². The van der Waals surface area contributed by atoms with Crippen molar-refractivity contribution in [2.45, 2.75) is 46.0 Å². The van der Waals surface area contributed by atoms with E-state index in [1.165, 1.54) is 18.4 Å². The molecular formula is C20H25N3O2. The Labute approximate surface area is 149 Å². The lowest BCUT2D eigenvalue weighted by Gasteiger charge is -2.23. The molecule has 1 aliphatic rings. The molecule has 0 radical (unpaired) electrons. The van der Waals surface area contributed by atoms with Gasteiger partial charge in [-0.05, 0) is 64.2 Å². The molecule has 0 saturated carbocycles. The van der Waals surface area contributed by atoms with Crippen LogP contribution in [0.25, 0.3) is 0 Å². The molecule has 2 rings (SSSR count). The van der Waals surface area contributed by atoms with Gasteiger partial charge in [-0.15, -0.1) is 0 Å². The van der Waals surface area contributed by atoms with Crippen LogP contribution in [0.3, 0.4) is 0 Å². The van der Waals surface area contributed by atoms with E-state index in [2.05, 4.69) is 16.7 Å². The lowest BCUT2D eigenvalue weighted by molar-refractivity contribution is -0.138. The van der Waals surface area contributed by atoms with Crippen molar-refractivity contribution in [3.8, 4) is 6.07 Å². The Kier molecular flexibility index (Phi) is 6.35. The van der Waals surface area contributed by atoms with Gasteiger partial charge in [-0.25, -0.2) is 0 Å². The van der Waals surface area contributed by atoms with Crippen molar-refractivity contribution in [3.63, 3.8) is 0 Å². The number of hydrogen-bond donors (Lipinski definition) is 2. The Morgan fingerprint density at radius 1 is 1.24 bits per heavy atom. The molecule has 1 aromatic rings. The van der Waals surface area contributed by atoms with Crippen LogP contribution in [-0.4, -0.2) is 18.4 Å². The van der Waals surface area contributed by atoms with Crippen LogP contribution in [0.4, 0.5) is 5.69 Å². The van der Waals surface area contributed by atoms with Crippen molar-refractivity contribution in [1.82, 2.24) is 5.32 Å². The van der Waals surface area contributed by atoms with E-state index >= 15 is 0 Å². The van der Waals surface area contributed by atoms with Crippen LogP contribution in [0.15, 0.2) is 35.9 Å². The fourth-order valence-electron chi connectivity index (χ4n) is 2.75. The van der Waals surface area contributed by atoms with Crippen LogP contribution in [0.5, 0.6) is 0 Å². The van der Waals surface area contributed by atoms with Crippen LogP contribution >= 0.6 is 0 Å². The fourth-order valence-corrected chi connectivity index (χ4v) is 2.75. The molecule has 0 fully saturated rings. The van der Waals surface area contributed by atoms with Gasteiger partial charge < -0.3 is 10.6 Å². The number of nitriles is 1. The summed E-state index contributed by atoms with van der Waals surface area (Å²) in [4.78, 5) is 24.9. The number of carbonyl (C=O) groups is 2. The van der Waals surface area contributed by atoms with Crippen LogP contribution in [-0.2, 0) is 9.59 Å². The summed E-state index contributed by atoms with van der Waals surface area (Å²) >= 11 is 0. The highest BCUT2D eigenvalue weighted by molar-refractivity contribution is 6.09. The number of hydrogen-bond acceptors (Lipinski definition) is 3. The second kappa shape index (κ2) is 8.48. The molecule has 2 N–H and O–H groups in total. The molecule has 5 heteroatoms. The molecule has 0 bridgehead atoms. The first-order valence-electron chi connectivity index (χ1n) is 8.71. The summed E-state index contributed by atoms with van der Waals surface area (Å²) in [6.45, 7) is 3.75. The molecule has 0 aliphatic heterocycles. The minimum atomic E-state index is -1.19. The van der Waals surface area contributed by atoms with Gasteiger partial charge in [0.2, 0.25) is 11.8 Å². The quantitative estimate of drug-likeness (QED) is 0.614. The van der Waals surface area contributed by atoms with E-state index in [0.717, 1.165) is 19.3 Å². The predicted molar refractivity (Wildman–Crippen MR) is 97.7 cm³/mol. The molecule has 5 nitrogen and oxygen atoms in total. The molecule has 132 valence electrons. The summed E-state index contributed by atoms with van der Waals surface area (Å²) in [5, 5.41) is 14.5. The van der Waals surface area contributed by atoms with Crippen LogP contribution in [0, 0.1) is 16.7 Å². The number of allylic oxidation sites excluding steroid dienone is 1. The molecule has 0 heterocycles. The van der Waals surface area contributed by atoms with E-state index in [4.69, 9.17) is 5.26 Å². The maximum Gasteiger partial charge on any atom is 0.239 e. The number of amides is 2. The highest BCUT2D eigenvalue weighted by Gasteiger charge is 2.35. The van der Waals surface area contributed by atoms with E-state index in [-0.39, 0.29) is 5.91 Å². The summed E-state index contributed by atoms with van der Waals surface area (Å²) in [6.07, 6.45) is 7.79. The zero-order valence-corrected chi connectivity index (χ0v) is 14.9. The minimum absolute atomic E-state index is 0.294. The van der Waals surface area contributed by atoms with Gasteiger partial charge in [0, 0.05) is 12.2 Å². The van der Waals surface area contributed by atoms with E-state index < -0.39 is 11.3 Å². The Morgan fingerprint density at radius 2 is 2.04 bits per heavy atom. The molecule has 0 unspecified atom stereocenters. The van der Waals surface area contributed by atoms with Gasteiger partial charge in [0.15, 0.2) is 0 Å². The van der Waals surface area contributed by atoms with Gasteiger partial charge in [-0.1, -0.05) is 17.7 Å². The van der Waals surface area contributed by atoms with E-state index in [0.29, 0.717) is 17.8 Å². The van der Waals surface area contributed by atoms with Crippen LogP contribution in [0.2, 0.25) is 0 Å². The summed E-state index contributed by atoms with van der Waals surface area (Å²) in [5.41, 5.74) is 1.17. The molecule has 0 spiro atoms. The Balaban J connectivity index is 1.89. The third-order valence-corrected chi connectivity index (χ3v) is 4.50. The fraction of sp³-hybridized carbons (Fsp3) is 0.450. The molecule has 25 heavy (non-hydrogen) atoms. The van der Waals surface area contributed by atoms with Crippen LogP contribution < -0.4 is 10.6 Å². The first-order valence-corrected chi connectivity index (χ1v) is 8.71. The summed E-state index contributed by atoms with van der Waals surface area (Å²) in [6, 6.07) is 8.66. The van der Waals surface area contributed by atoms with Crippen molar-refractivity contribution in [2.75, 3.05) is 11.9 Å². The number of rotatable bonds is 6. The van der Waals surface area contributed by atoms with Crippen molar-refractivity contribution in [2.24, 2.45) is 5.41 Å². The monoisotopic (exact) mass is 339 g/mol. The second-order valence-electron chi connectivity index (χ2n) is 6.89. The van der Waals surface area contributed by atoms with Gasteiger partial charge in [0.05, 0.1) is 11.6 Å². The Morgan fingerprint density at radius 3 is 2.72 bits per heavy atom. The van der Waals surface area contributed by atoms with E-state index in [1.54, 1.807) is 38.1 Å². The Hall–Kier alpha value is -2.61. The lowest BCUT2D eigenvalue weighted by atomic mass is 9.90. The molecule has 2 amide bonds. The molecule has 0 aromatic heterocycles. The van der Waals surface area contributed by atoms with Crippen molar-refractivity contribution < 1.29 is 9.59 Å². The zero-order chi connectivity index (χ0) is 18.3. The van der Waals surface area contributed by atoms with Gasteiger partial charge in [0.1, 0.15) is 5.41 Å². The maximum absolute atomic E-state index is 12.5. The highest BCUT2D eigenvalue weighted by Crippen LogP contribution is 2.21. The van der Waals surface area contributed by atoms with E-state index in [9.17, 15) is 9.59 Å². The zero-order valence-electron chi connectivity index (χ0n) is 14.9. The molecule has 0 saturated heterocycles. The van der Waals surface area contributed by atoms with Crippen molar-refractivity contribution >= 4 is 17.5 Å². The lowest BCUT2D eigenvalue weighted by Crippen LogP contribution is -2.45. The van der Waals surface area contributed by atoms with Crippen molar-refractivity contribution in [3.05, 3.63) is 41.5 Å². The smallest absolute Gasteiger partial charge is 0.239 e. The average molecular weight is 339 g/mol. The summed E-state index contributed by atoms with van der Waals surface area (Å²) < 4.78 is 0. The van der Waals surface area contributed by atoms with Gasteiger partial charge in [0.25, 0.3) is 0 Å². The topological polar surface area (TPSA) is 82.0 Å². The minimum Gasteiger partial charge on any atom is -0.355 e.